The smallest absolute Gasteiger partial charge is 0.538 e. The third kappa shape index (κ3) is 7.07. The van der Waals surface area contributed by atoms with Crippen molar-refractivity contribution in [1.29, 1.82) is 0 Å². The van der Waals surface area contributed by atoms with Crippen LogP contribution in [0.4, 0.5) is 87.8 Å². The average Bonchev–Trinajstić information content (AvgIpc) is 3.11. The summed E-state index contributed by atoms with van der Waals surface area (Å²) in [5.41, 5.74) is -10.3. The van der Waals surface area contributed by atoms with Crippen molar-refractivity contribution < 1.29 is 95.2 Å². The van der Waals surface area contributed by atoms with Crippen LogP contribution in [-0.2, 0) is 7.41 Å². The fourth-order valence-electron chi connectivity index (χ4n) is 4.80. The van der Waals surface area contributed by atoms with Gasteiger partial charge < -0.3 is 7.41 Å². The molecular formula is C28H9AlB2F20O2. The van der Waals surface area contributed by atoms with Crippen molar-refractivity contribution in [1.82, 2.24) is 0 Å². The summed E-state index contributed by atoms with van der Waals surface area (Å²) in [7, 11) is 0. The molecule has 282 valence electrons. The van der Waals surface area contributed by atoms with Gasteiger partial charge in [-0.1, -0.05) is 19.8 Å². The maximum atomic E-state index is 15.1. The second-order valence-electron chi connectivity index (χ2n) is 11.0. The Balaban J connectivity index is 2.13. The summed E-state index contributed by atoms with van der Waals surface area (Å²) in [4.78, 5) is 0. The Hall–Kier alpha value is -3.94. The molecule has 4 aromatic carbocycles. The fraction of sp³-hybridized carbons (Fsp3) is 0.143. The zero-order chi connectivity index (χ0) is 40.3. The van der Waals surface area contributed by atoms with Gasteiger partial charge in [-0.15, -0.1) is 0 Å². The topological polar surface area (TPSA) is 18.5 Å². The molecule has 0 radical (unpaired) electrons. The standard InChI is InChI=1S/2C12BF10O.C4H9.Al/c2*14-3-1(4(15)8(19)11(22)7(3)18)13(24)2-5(16)9(20)12(23)10(21)6(2)17;1-4(2)3;/h;;4H,1H2,2-3H3;/q2*-1;;+2. The first-order chi connectivity index (χ1) is 24.5. The minimum absolute atomic E-state index is 1.06. The Morgan fingerprint density at radius 2 is 0.472 bits per heavy atom. The number of hydrogen-bond donors (Lipinski definition) is 0. The van der Waals surface area contributed by atoms with Crippen molar-refractivity contribution in [3.05, 3.63) is 116 Å². The van der Waals surface area contributed by atoms with Crippen LogP contribution in [0.25, 0.3) is 0 Å². The van der Waals surface area contributed by atoms with E-state index in [0.717, 1.165) is 13.8 Å². The molecule has 0 amide bonds. The molecule has 25 heteroatoms. The minimum Gasteiger partial charge on any atom is -0.538 e. The summed E-state index contributed by atoms with van der Waals surface area (Å²) in [6.07, 6.45) is 0. The van der Waals surface area contributed by atoms with Crippen LogP contribution in [0, 0.1) is 122 Å². The molecule has 2 nitrogen and oxygen atoms in total. The molecule has 0 bridgehead atoms. The van der Waals surface area contributed by atoms with Gasteiger partial charge in [-0.2, -0.15) is 0 Å². The molecule has 0 saturated carbocycles. The van der Waals surface area contributed by atoms with Gasteiger partial charge in [-0.25, -0.2) is 87.8 Å². The zero-order valence-corrected chi connectivity index (χ0v) is 26.5. The van der Waals surface area contributed by atoms with E-state index in [1.807, 2.05) is 0 Å². The molecule has 0 saturated heterocycles. The quantitative estimate of drug-likeness (QED) is 0.0784. The monoisotopic (exact) mass is 806 g/mol. The highest BCUT2D eigenvalue weighted by atomic mass is 27.2. The van der Waals surface area contributed by atoms with Crippen molar-refractivity contribution in [2.45, 2.75) is 19.1 Å². The Morgan fingerprint density at radius 3 is 0.623 bits per heavy atom. The average molecular weight is 806 g/mol. The summed E-state index contributed by atoms with van der Waals surface area (Å²) in [6.45, 7) is -5.50. The molecule has 0 aliphatic carbocycles. The number of rotatable bonds is 10. The van der Waals surface area contributed by atoms with Crippen LogP contribution < -0.4 is 21.9 Å². The van der Waals surface area contributed by atoms with Crippen molar-refractivity contribution >= 4 is 50.5 Å². The molecule has 4 rings (SSSR count). The molecule has 4 aromatic rings. The SMILES string of the molecule is CC(C)[CH2][Al]([O]B(c1c(F)c(F)c(F)c(F)c1F)c1c(F)c(F)c(F)c(F)c1F)[O]B(c1c(F)c(F)c(F)c(F)c1F)c1c(F)c(F)c(F)c(F)c1F. The molecule has 0 fully saturated rings. The Labute approximate surface area is 287 Å². The highest BCUT2D eigenvalue weighted by Crippen LogP contribution is 2.25. The van der Waals surface area contributed by atoms with E-state index in [9.17, 15) is 52.7 Å². The van der Waals surface area contributed by atoms with Crippen molar-refractivity contribution in [3.63, 3.8) is 0 Å². The normalized spacial score (nSPS) is 11.6. The lowest BCUT2D eigenvalue weighted by molar-refractivity contribution is 0.373. The van der Waals surface area contributed by atoms with Gasteiger partial charge in [0.1, 0.15) is 0 Å². The first kappa shape index (κ1) is 41.8. The largest absolute Gasteiger partial charge is 0.644 e. The van der Waals surface area contributed by atoms with Gasteiger partial charge in [0.2, 0.25) is 0 Å². The molecule has 0 atom stereocenters. The second kappa shape index (κ2) is 15.4. The van der Waals surface area contributed by atoms with E-state index >= 15 is 35.1 Å². The van der Waals surface area contributed by atoms with E-state index < -0.39 is 178 Å². The van der Waals surface area contributed by atoms with E-state index in [2.05, 4.69) is 0 Å². The maximum Gasteiger partial charge on any atom is 0.644 e. The van der Waals surface area contributed by atoms with Gasteiger partial charge >= 0.3 is 28.6 Å². The summed E-state index contributed by atoms with van der Waals surface area (Å²) in [5, 5.41) is -1.11. The molecule has 0 N–H and O–H groups in total. The van der Waals surface area contributed by atoms with E-state index in [1.165, 1.54) is 0 Å². The Bertz CT molecular complexity index is 1750. The third-order valence-corrected chi connectivity index (χ3v) is 9.74. The van der Waals surface area contributed by atoms with E-state index in [1.54, 1.807) is 0 Å². The summed E-state index contributed by atoms with van der Waals surface area (Å²) < 4.78 is 301. The Morgan fingerprint density at radius 1 is 0.321 bits per heavy atom. The van der Waals surface area contributed by atoms with Gasteiger partial charge in [-0.3, -0.25) is 0 Å². The van der Waals surface area contributed by atoms with Gasteiger partial charge in [0.25, 0.3) is 0 Å². The molecule has 0 heterocycles. The van der Waals surface area contributed by atoms with Crippen LogP contribution in [-0.4, -0.2) is 28.6 Å². The Kier molecular flexibility index (Phi) is 12.2. The van der Waals surface area contributed by atoms with E-state index in [0.29, 0.717) is 0 Å². The highest BCUT2D eigenvalue weighted by molar-refractivity contribution is 6.88. The molecule has 53 heavy (non-hydrogen) atoms. The number of hydrogen-bond acceptors (Lipinski definition) is 2. The number of halogens is 20. The van der Waals surface area contributed by atoms with Crippen LogP contribution in [0.2, 0.25) is 5.28 Å². The van der Waals surface area contributed by atoms with E-state index in [4.69, 9.17) is 7.41 Å². The molecule has 0 aliphatic rings. The summed E-state index contributed by atoms with van der Waals surface area (Å²) in [6, 6.07) is 0. The fourth-order valence-corrected chi connectivity index (χ4v) is 7.01. The summed E-state index contributed by atoms with van der Waals surface area (Å²) in [5.74, 6) is -61.3. The number of benzene rings is 4. The first-order valence-corrected chi connectivity index (χ1v) is 15.6. The first-order valence-electron chi connectivity index (χ1n) is 13.8. The second-order valence-corrected chi connectivity index (χ2v) is 12.9. The van der Waals surface area contributed by atoms with Crippen LogP contribution in [0.5, 0.6) is 0 Å². The van der Waals surface area contributed by atoms with Gasteiger partial charge in [0, 0.05) is 21.9 Å². The van der Waals surface area contributed by atoms with Gasteiger partial charge in [0.05, 0.1) is 0 Å². The van der Waals surface area contributed by atoms with Crippen LogP contribution in [0.3, 0.4) is 0 Å². The lowest BCUT2D eigenvalue weighted by atomic mass is 9.54. The summed E-state index contributed by atoms with van der Waals surface area (Å²) >= 11 is -5.11. The van der Waals surface area contributed by atoms with Crippen LogP contribution >= 0.6 is 0 Å². The zero-order valence-electron chi connectivity index (χ0n) is 25.4. The van der Waals surface area contributed by atoms with Gasteiger partial charge in [0.15, 0.2) is 116 Å². The third-order valence-electron chi connectivity index (χ3n) is 7.26. The maximum absolute atomic E-state index is 15.1. The predicted octanol–water partition coefficient (Wildman–Crippen LogP) is 6.56. The van der Waals surface area contributed by atoms with Crippen molar-refractivity contribution in [2.75, 3.05) is 0 Å². The minimum atomic E-state index is -5.11. The lowest BCUT2D eigenvalue weighted by Gasteiger charge is -2.27. The van der Waals surface area contributed by atoms with Crippen LogP contribution in [0.15, 0.2) is 0 Å². The molecule has 0 aliphatic heterocycles. The van der Waals surface area contributed by atoms with E-state index in [-0.39, 0.29) is 0 Å². The van der Waals surface area contributed by atoms with Crippen LogP contribution in [0.1, 0.15) is 13.8 Å². The highest BCUT2D eigenvalue weighted by Gasteiger charge is 2.48. The molecule has 0 spiro atoms. The predicted molar refractivity (Wildman–Crippen MR) is 143 cm³/mol. The molecule has 0 aromatic heterocycles. The van der Waals surface area contributed by atoms with Gasteiger partial charge in [-0.05, 0) is 5.28 Å². The van der Waals surface area contributed by atoms with Crippen molar-refractivity contribution in [3.8, 4) is 0 Å². The lowest BCUT2D eigenvalue weighted by Crippen LogP contribution is -2.59. The van der Waals surface area contributed by atoms with Crippen molar-refractivity contribution in [2.24, 2.45) is 5.92 Å². The molecule has 0 unspecified atom stereocenters. The molecular weight excluding hydrogens is 797 g/mol.